The lowest BCUT2D eigenvalue weighted by Gasteiger charge is -2.19. The van der Waals surface area contributed by atoms with Crippen molar-refractivity contribution in [1.29, 1.82) is 0 Å². The highest BCUT2D eigenvalue weighted by Gasteiger charge is 2.13. The van der Waals surface area contributed by atoms with Gasteiger partial charge in [-0.2, -0.15) is 0 Å². The van der Waals surface area contributed by atoms with Gasteiger partial charge in [-0.3, -0.25) is 9.36 Å². The molecule has 0 radical (unpaired) electrons. The third kappa shape index (κ3) is 3.29. The third-order valence-corrected chi connectivity index (χ3v) is 4.57. The molecule has 0 spiro atoms. The minimum atomic E-state index is 0.0259. The predicted octanol–water partition coefficient (Wildman–Crippen LogP) is 3.50. The van der Waals surface area contributed by atoms with Crippen LogP contribution in [-0.4, -0.2) is 9.55 Å². The van der Waals surface area contributed by atoms with Crippen molar-refractivity contribution in [1.82, 2.24) is 9.55 Å². The zero-order valence-corrected chi connectivity index (χ0v) is 14.4. The Morgan fingerprint density at radius 3 is 2.35 bits per heavy atom. The molecule has 106 valence electrons. The number of rotatable bonds is 2. The number of hydrogen-bond donors (Lipinski definition) is 0. The van der Waals surface area contributed by atoms with E-state index in [-0.39, 0.29) is 11.0 Å². The standard InChI is InChI=1S/C16H19IN2O/c1-11-14(17)15(20)19(10-18-11)9-12-5-7-13(8-6-12)16(2,3)4/h5-8,10H,9H2,1-4H3. The molecule has 1 aromatic carbocycles. The van der Waals surface area contributed by atoms with Crippen LogP contribution in [0, 0.1) is 10.5 Å². The van der Waals surface area contributed by atoms with E-state index in [1.165, 1.54) is 5.56 Å². The summed E-state index contributed by atoms with van der Waals surface area (Å²) in [5, 5.41) is 0. The quantitative estimate of drug-likeness (QED) is 0.746. The predicted molar refractivity (Wildman–Crippen MR) is 90.2 cm³/mol. The number of hydrogen-bond acceptors (Lipinski definition) is 2. The zero-order valence-electron chi connectivity index (χ0n) is 12.3. The van der Waals surface area contributed by atoms with E-state index in [0.717, 1.165) is 11.3 Å². The largest absolute Gasteiger partial charge is 0.294 e. The van der Waals surface area contributed by atoms with E-state index < -0.39 is 0 Å². The Labute approximate surface area is 133 Å². The highest BCUT2D eigenvalue weighted by molar-refractivity contribution is 14.1. The number of aryl methyl sites for hydroxylation is 1. The Morgan fingerprint density at radius 1 is 1.20 bits per heavy atom. The lowest BCUT2D eigenvalue weighted by atomic mass is 9.87. The van der Waals surface area contributed by atoms with Crippen molar-refractivity contribution in [3.05, 3.63) is 61.3 Å². The molecule has 0 N–H and O–H groups in total. The van der Waals surface area contributed by atoms with Crippen molar-refractivity contribution in [3.63, 3.8) is 0 Å². The fraction of sp³-hybridized carbons (Fsp3) is 0.375. The van der Waals surface area contributed by atoms with Crippen LogP contribution in [0.4, 0.5) is 0 Å². The van der Waals surface area contributed by atoms with E-state index in [1.54, 1.807) is 10.9 Å². The van der Waals surface area contributed by atoms with Gasteiger partial charge < -0.3 is 0 Å². The van der Waals surface area contributed by atoms with E-state index in [4.69, 9.17) is 0 Å². The Bertz CT molecular complexity index is 666. The average molecular weight is 382 g/mol. The van der Waals surface area contributed by atoms with Crippen molar-refractivity contribution in [2.24, 2.45) is 0 Å². The van der Waals surface area contributed by atoms with Crippen LogP contribution in [0.5, 0.6) is 0 Å². The van der Waals surface area contributed by atoms with Gasteiger partial charge in [0.1, 0.15) is 0 Å². The summed E-state index contributed by atoms with van der Waals surface area (Å²) < 4.78 is 2.34. The number of benzene rings is 1. The molecule has 0 unspecified atom stereocenters. The first-order valence-corrected chi connectivity index (χ1v) is 7.68. The Kier molecular flexibility index (Phi) is 4.32. The Balaban J connectivity index is 2.28. The van der Waals surface area contributed by atoms with Crippen LogP contribution >= 0.6 is 22.6 Å². The van der Waals surface area contributed by atoms with Crippen LogP contribution in [-0.2, 0) is 12.0 Å². The second-order valence-electron chi connectivity index (χ2n) is 6.02. The molecule has 2 rings (SSSR count). The van der Waals surface area contributed by atoms with Gasteiger partial charge in [-0.25, -0.2) is 4.98 Å². The number of nitrogens with zero attached hydrogens (tertiary/aromatic N) is 2. The van der Waals surface area contributed by atoms with E-state index >= 15 is 0 Å². The molecule has 0 aliphatic rings. The molecule has 4 heteroatoms. The van der Waals surface area contributed by atoms with Crippen LogP contribution in [0.1, 0.15) is 37.6 Å². The van der Waals surface area contributed by atoms with Crippen LogP contribution in [0.15, 0.2) is 35.4 Å². The van der Waals surface area contributed by atoms with Gasteiger partial charge in [0, 0.05) is 0 Å². The molecule has 0 bridgehead atoms. The number of aromatic nitrogens is 2. The van der Waals surface area contributed by atoms with Gasteiger partial charge in [0.15, 0.2) is 0 Å². The zero-order chi connectivity index (χ0) is 14.9. The minimum absolute atomic E-state index is 0.0259. The maximum atomic E-state index is 12.1. The highest BCUT2D eigenvalue weighted by Crippen LogP contribution is 2.22. The van der Waals surface area contributed by atoms with Crippen LogP contribution in [0.3, 0.4) is 0 Å². The molecule has 20 heavy (non-hydrogen) atoms. The van der Waals surface area contributed by atoms with Crippen LogP contribution < -0.4 is 5.56 Å². The first-order chi connectivity index (χ1) is 9.29. The Morgan fingerprint density at radius 2 is 1.80 bits per heavy atom. The van der Waals surface area contributed by atoms with Gasteiger partial charge in [-0.15, -0.1) is 0 Å². The lowest BCUT2D eigenvalue weighted by molar-refractivity contribution is 0.589. The third-order valence-electron chi connectivity index (χ3n) is 3.33. The second-order valence-corrected chi connectivity index (χ2v) is 7.10. The SMILES string of the molecule is Cc1ncn(Cc2ccc(C(C)(C)C)cc2)c(=O)c1I. The summed E-state index contributed by atoms with van der Waals surface area (Å²) in [4.78, 5) is 16.4. The monoisotopic (exact) mass is 382 g/mol. The fourth-order valence-corrected chi connectivity index (χ4v) is 2.41. The summed E-state index contributed by atoms with van der Waals surface area (Å²) in [6.07, 6.45) is 1.62. The smallest absolute Gasteiger partial charge is 0.267 e. The normalized spacial score (nSPS) is 11.7. The maximum absolute atomic E-state index is 12.1. The molecule has 2 aromatic rings. The van der Waals surface area contributed by atoms with Gasteiger partial charge in [0.25, 0.3) is 5.56 Å². The van der Waals surface area contributed by atoms with Crippen molar-refractivity contribution < 1.29 is 0 Å². The van der Waals surface area contributed by atoms with Crippen LogP contribution in [0.25, 0.3) is 0 Å². The second kappa shape index (κ2) is 5.68. The summed E-state index contributed by atoms with van der Waals surface area (Å²) in [6, 6.07) is 8.43. The summed E-state index contributed by atoms with van der Waals surface area (Å²) in [7, 11) is 0. The summed E-state index contributed by atoms with van der Waals surface area (Å²) in [5.74, 6) is 0. The molecule has 0 fully saturated rings. The molecule has 0 aliphatic carbocycles. The first kappa shape index (κ1) is 15.2. The van der Waals surface area contributed by atoms with E-state index in [0.29, 0.717) is 10.1 Å². The van der Waals surface area contributed by atoms with E-state index in [2.05, 4.69) is 72.6 Å². The van der Waals surface area contributed by atoms with Crippen molar-refractivity contribution in [2.45, 2.75) is 39.7 Å². The molecule has 0 saturated carbocycles. The van der Waals surface area contributed by atoms with Gasteiger partial charge in [0.2, 0.25) is 0 Å². The first-order valence-electron chi connectivity index (χ1n) is 6.60. The summed E-state index contributed by atoms with van der Waals surface area (Å²) in [5.41, 5.74) is 3.37. The lowest BCUT2D eigenvalue weighted by Crippen LogP contribution is -2.24. The van der Waals surface area contributed by atoms with Crippen molar-refractivity contribution in [3.8, 4) is 0 Å². The van der Waals surface area contributed by atoms with Crippen molar-refractivity contribution >= 4 is 22.6 Å². The number of halogens is 1. The molecule has 1 heterocycles. The average Bonchev–Trinajstić information content (AvgIpc) is 2.39. The van der Waals surface area contributed by atoms with Gasteiger partial charge in [0.05, 0.1) is 22.1 Å². The van der Waals surface area contributed by atoms with Gasteiger partial charge in [-0.05, 0) is 46.1 Å². The maximum Gasteiger partial charge on any atom is 0.267 e. The summed E-state index contributed by atoms with van der Waals surface area (Å²) in [6.45, 7) is 8.99. The van der Waals surface area contributed by atoms with Crippen LogP contribution in [0.2, 0.25) is 0 Å². The van der Waals surface area contributed by atoms with E-state index in [9.17, 15) is 4.79 Å². The fourth-order valence-electron chi connectivity index (χ4n) is 1.97. The molecule has 1 aromatic heterocycles. The molecule has 3 nitrogen and oxygen atoms in total. The minimum Gasteiger partial charge on any atom is -0.294 e. The molecule has 0 amide bonds. The Hall–Kier alpha value is -1.17. The topological polar surface area (TPSA) is 34.9 Å². The molecular weight excluding hydrogens is 363 g/mol. The molecule has 0 atom stereocenters. The van der Waals surface area contributed by atoms with Gasteiger partial charge in [-0.1, -0.05) is 45.0 Å². The molecule has 0 saturated heterocycles. The molecule has 0 aliphatic heterocycles. The van der Waals surface area contributed by atoms with E-state index in [1.807, 2.05) is 6.92 Å². The van der Waals surface area contributed by atoms with Gasteiger partial charge >= 0.3 is 0 Å². The highest BCUT2D eigenvalue weighted by atomic mass is 127. The van der Waals surface area contributed by atoms with Crippen molar-refractivity contribution in [2.75, 3.05) is 0 Å². The molecular formula is C16H19IN2O. The summed E-state index contributed by atoms with van der Waals surface area (Å²) >= 11 is 2.06.